The van der Waals surface area contributed by atoms with Crippen LogP contribution in [0.1, 0.15) is 11.1 Å². The number of nitrogens with two attached hydrogens (primary N) is 1. The smallest absolute Gasteiger partial charge is 0.117 e. The van der Waals surface area contributed by atoms with E-state index in [0.29, 0.717) is 6.54 Å². The molecule has 0 saturated carbocycles. The van der Waals surface area contributed by atoms with Crippen LogP contribution in [0.5, 0.6) is 0 Å². The van der Waals surface area contributed by atoms with Gasteiger partial charge in [0.05, 0.1) is 5.52 Å². The largest absolute Gasteiger partial charge is 0.330 e. The molecule has 1 heterocycles. The Bertz CT molecular complexity index is 766. The summed E-state index contributed by atoms with van der Waals surface area (Å²) in [6.45, 7) is 2.81. The number of aryl methyl sites for hydroxylation is 1. The summed E-state index contributed by atoms with van der Waals surface area (Å²) in [5.74, 6) is 0. The molecule has 106 valence electrons. The molecule has 0 fully saturated rings. The first kappa shape index (κ1) is 14.0. The van der Waals surface area contributed by atoms with Gasteiger partial charge in [-0.2, -0.15) is 0 Å². The lowest BCUT2D eigenvalue weighted by molar-refractivity contribution is 0.962. The summed E-state index contributed by atoms with van der Waals surface area (Å²) >= 11 is 1.69. The Morgan fingerprint density at radius 3 is 2.76 bits per heavy atom. The highest BCUT2D eigenvalue weighted by Crippen LogP contribution is 2.33. The molecule has 4 heteroatoms. The summed E-state index contributed by atoms with van der Waals surface area (Å²) in [5.41, 5.74) is 9.13. The molecule has 21 heavy (non-hydrogen) atoms. The van der Waals surface area contributed by atoms with Crippen molar-refractivity contribution in [2.45, 2.75) is 23.3 Å². The van der Waals surface area contributed by atoms with E-state index in [-0.39, 0.29) is 0 Å². The molecular weight excluding hydrogens is 278 g/mol. The van der Waals surface area contributed by atoms with E-state index in [1.165, 1.54) is 16.0 Å². The lowest BCUT2D eigenvalue weighted by Crippen LogP contribution is -2.02. The fourth-order valence-corrected chi connectivity index (χ4v) is 3.26. The van der Waals surface area contributed by atoms with Crippen LogP contribution in [-0.4, -0.2) is 16.5 Å². The zero-order valence-corrected chi connectivity index (χ0v) is 12.7. The molecule has 0 atom stereocenters. The van der Waals surface area contributed by atoms with E-state index in [0.717, 1.165) is 22.3 Å². The maximum atomic E-state index is 5.61. The highest BCUT2D eigenvalue weighted by molar-refractivity contribution is 7.99. The molecule has 0 bridgehead atoms. The van der Waals surface area contributed by atoms with Crippen LogP contribution in [0.2, 0.25) is 0 Å². The topological polar surface area (TPSA) is 51.8 Å². The number of benzene rings is 2. The van der Waals surface area contributed by atoms with Gasteiger partial charge in [0.2, 0.25) is 0 Å². The number of rotatable bonds is 4. The molecule has 0 aliphatic carbocycles. The third-order valence-corrected chi connectivity index (χ3v) is 4.58. The van der Waals surface area contributed by atoms with Crippen molar-refractivity contribution in [1.82, 2.24) is 9.97 Å². The lowest BCUT2D eigenvalue weighted by Gasteiger charge is -2.09. The van der Waals surface area contributed by atoms with Crippen molar-refractivity contribution >= 4 is 22.7 Å². The standard InChI is InChI=1S/C17H17N3S/c1-12-10-13(8-9-18)6-7-16(12)21-17-14-4-2-3-5-15(14)19-11-20-17/h2-7,10-11H,8-9,18H2,1H3. The minimum Gasteiger partial charge on any atom is -0.330 e. The molecule has 2 N–H and O–H groups in total. The Kier molecular flexibility index (Phi) is 4.18. The van der Waals surface area contributed by atoms with Crippen molar-refractivity contribution in [2.24, 2.45) is 5.73 Å². The summed E-state index contributed by atoms with van der Waals surface area (Å²) < 4.78 is 0. The van der Waals surface area contributed by atoms with Crippen molar-refractivity contribution in [1.29, 1.82) is 0 Å². The van der Waals surface area contributed by atoms with E-state index < -0.39 is 0 Å². The van der Waals surface area contributed by atoms with E-state index in [1.54, 1.807) is 18.1 Å². The Labute approximate surface area is 128 Å². The number of para-hydroxylation sites is 1. The maximum Gasteiger partial charge on any atom is 0.117 e. The minimum absolute atomic E-state index is 0.683. The average molecular weight is 295 g/mol. The summed E-state index contributed by atoms with van der Waals surface area (Å²) in [6, 6.07) is 14.6. The molecule has 3 aromatic rings. The predicted molar refractivity (Wildman–Crippen MR) is 87.6 cm³/mol. The Balaban J connectivity index is 1.95. The quantitative estimate of drug-likeness (QED) is 0.747. The van der Waals surface area contributed by atoms with Gasteiger partial charge in [0, 0.05) is 10.3 Å². The summed E-state index contributed by atoms with van der Waals surface area (Å²) in [7, 11) is 0. The Morgan fingerprint density at radius 1 is 1.10 bits per heavy atom. The first-order chi connectivity index (χ1) is 10.3. The highest BCUT2D eigenvalue weighted by Gasteiger charge is 2.07. The van der Waals surface area contributed by atoms with Crippen LogP contribution in [0.3, 0.4) is 0 Å². The molecule has 3 nitrogen and oxygen atoms in total. The lowest BCUT2D eigenvalue weighted by atomic mass is 10.1. The van der Waals surface area contributed by atoms with Gasteiger partial charge in [-0.15, -0.1) is 0 Å². The fourth-order valence-electron chi connectivity index (χ4n) is 2.31. The monoisotopic (exact) mass is 295 g/mol. The van der Waals surface area contributed by atoms with Gasteiger partial charge in [-0.05, 0) is 43.1 Å². The van der Waals surface area contributed by atoms with Gasteiger partial charge in [0.25, 0.3) is 0 Å². The first-order valence-electron chi connectivity index (χ1n) is 6.95. The van der Waals surface area contributed by atoms with Crippen LogP contribution in [0.4, 0.5) is 0 Å². The van der Waals surface area contributed by atoms with Gasteiger partial charge < -0.3 is 5.73 Å². The number of hydrogen-bond donors (Lipinski definition) is 1. The molecular formula is C17H17N3S. The van der Waals surface area contributed by atoms with Crippen molar-refractivity contribution in [3.8, 4) is 0 Å². The van der Waals surface area contributed by atoms with Crippen LogP contribution in [-0.2, 0) is 6.42 Å². The first-order valence-corrected chi connectivity index (χ1v) is 7.77. The van der Waals surface area contributed by atoms with Gasteiger partial charge in [0.1, 0.15) is 11.4 Å². The summed E-state index contributed by atoms with van der Waals surface area (Å²) in [4.78, 5) is 9.96. The van der Waals surface area contributed by atoms with E-state index in [4.69, 9.17) is 5.73 Å². The van der Waals surface area contributed by atoms with E-state index in [9.17, 15) is 0 Å². The SMILES string of the molecule is Cc1cc(CCN)ccc1Sc1ncnc2ccccc12. The zero-order chi connectivity index (χ0) is 14.7. The van der Waals surface area contributed by atoms with Crippen LogP contribution < -0.4 is 5.73 Å². The van der Waals surface area contributed by atoms with Gasteiger partial charge in [-0.3, -0.25) is 0 Å². The van der Waals surface area contributed by atoms with Crippen molar-refractivity contribution in [3.05, 3.63) is 59.9 Å². The van der Waals surface area contributed by atoms with E-state index in [2.05, 4.69) is 41.2 Å². The molecule has 0 unspecified atom stereocenters. The molecule has 0 spiro atoms. The van der Waals surface area contributed by atoms with E-state index >= 15 is 0 Å². The molecule has 0 aliphatic heterocycles. The Morgan fingerprint density at radius 2 is 1.95 bits per heavy atom. The summed E-state index contributed by atoms with van der Waals surface area (Å²) in [5, 5.41) is 2.09. The maximum absolute atomic E-state index is 5.61. The molecule has 0 radical (unpaired) electrons. The second-order valence-electron chi connectivity index (χ2n) is 4.94. The molecule has 0 amide bonds. The number of aromatic nitrogens is 2. The number of hydrogen-bond acceptors (Lipinski definition) is 4. The molecule has 1 aromatic heterocycles. The second-order valence-corrected chi connectivity index (χ2v) is 5.97. The van der Waals surface area contributed by atoms with Crippen LogP contribution in [0.15, 0.2) is 58.7 Å². The van der Waals surface area contributed by atoms with Crippen LogP contribution in [0, 0.1) is 6.92 Å². The van der Waals surface area contributed by atoms with Gasteiger partial charge in [-0.1, -0.05) is 42.1 Å². The van der Waals surface area contributed by atoms with Crippen molar-refractivity contribution in [2.75, 3.05) is 6.54 Å². The number of fused-ring (bicyclic) bond motifs is 1. The highest BCUT2D eigenvalue weighted by atomic mass is 32.2. The third-order valence-electron chi connectivity index (χ3n) is 3.39. The van der Waals surface area contributed by atoms with Crippen molar-refractivity contribution in [3.63, 3.8) is 0 Å². The van der Waals surface area contributed by atoms with Gasteiger partial charge >= 0.3 is 0 Å². The van der Waals surface area contributed by atoms with Gasteiger partial charge in [0.15, 0.2) is 0 Å². The third kappa shape index (κ3) is 3.06. The van der Waals surface area contributed by atoms with E-state index in [1.807, 2.05) is 18.2 Å². The zero-order valence-electron chi connectivity index (χ0n) is 11.9. The molecule has 0 aliphatic rings. The Hall–Kier alpha value is -1.91. The van der Waals surface area contributed by atoms with Crippen LogP contribution >= 0.6 is 11.8 Å². The van der Waals surface area contributed by atoms with Gasteiger partial charge in [-0.25, -0.2) is 9.97 Å². The molecule has 3 rings (SSSR count). The molecule has 2 aromatic carbocycles. The fraction of sp³-hybridized carbons (Fsp3) is 0.176. The minimum atomic E-state index is 0.683. The molecule has 0 saturated heterocycles. The second kappa shape index (κ2) is 6.24. The number of nitrogens with zero attached hydrogens (tertiary/aromatic N) is 2. The average Bonchev–Trinajstić information content (AvgIpc) is 2.51. The summed E-state index contributed by atoms with van der Waals surface area (Å²) in [6.07, 6.45) is 2.55. The van der Waals surface area contributed by atoms with Crippen molar-refractivity contribution < 1.29 is 0 Å². The normalized spacial score (nSPS) is 11.0. The predicted octanol–water partition coefficient (Wildman–Crippen LogP) is 3.59. The van der Waals surface area contributed by atoms with Crippen LogP contribution in [0.25, 0.3) is 10.9 Å².